The summed E-state index contributed by atoms with van der Waals surface area (Å²) < 4.78 is 55.4. The van der Waals surface area contributed by atoms with E-state index in [1.54, 1.807) is 19.9 Å². The van der Waals surface area contributed by atoms with Crippen LogP contribution in [0.5, 0.6) is 0 Å². The highest BCUT2D eigenvalue weighted by Crippen LogP contribution is 2.31. The summed E-state index contributed by atoms with van der Waals surface area (Å²) in [7, 11) is -3.73. The van der Waals surface area contributed by atoms with Crippen LogP contribution in [-0.2, 0) is 10.0 Å². The van der Waals surface area contributed by atoms with Gasteiger partial charge in [0.25, 0.3) is 0 Å². The molecule has 2 atom stereocenters. The molecular formula is C18H24F2N6O3S. The molecule has 2 heterocycles. The van der Waals surface area contributed by atoms with Gasteiger partial charge < -0.3 is 15.8 Å². The maximum atomic E-state index is 14.9. The first kappa shape index (κ1) is 22.0. The average molecular weight is 442 g/mol. The number of hydrazine groups is 2. The van der Waals surface area contributed by atoms with Crippen molar-refractivity contribution in [3.8, 4) is 0 Å². The third-order valence-electron chi connectivity index (χ3n) is 4.34. The van der Waals surface area contributed by atoms with Crippen molar-refractivity contribution in [2.45, 2.75) is 26.5 Å². The number of nitrogens with one attached hydrogen (secondary N) is 4. The zero-order chi connectivity index (χ0) is 21.9. The van der Waals surface area contributed by atoms with Crippen molar-refractivity contribution in [2.24, 2.45) is 10.9 Å². The molecule has 0 amide bonds. The maximum absolute atomic E-state index is 14.9. The van der Waals surface area contributed by atoms with Crippen molar-refractivity contribution < 1.29 is 22.3 Å². The fraction of sp³-hybridized carbons (Fsp3) is 0.389. The highest BCUT2D eigenvalue weighted by atomic mass is 32.2. The first-order chi connectivity index (χ1) is 14.2. The van der Waals surface area contributed by atoms with Crippen molar-refractivity contribution in [1.29, 1.82) is 0 Å². The fourth-order valence-electron chi connectivity index (χ4n) is 2.99. The van der Waals surface area contributed by atoms with Crippen LogP contribution >= 0.6 is 0 Å². The number of halogens is 2. The lowest BCUT2D eigenvalue weighted by Gasteiger charge is -2.19. The van der Waals surface area contributed by atoms with Crippen LogP contribution < -0.4 is 26.0 Å². The summed E-state index contributed by atoms with van der Waals surface area (Å²) in [4.78, 5) is 4.31. The SMILES string of the molecule is CCCS(=O)(=O)Nc1ccc(F)c(N2C=C(C3C=CC(NC(C)O)=NC3)NN2)c1F. The smallest absolute Gasteiger partial charge is 0.232 e. The molecule has 0 aliphatic carbocycles. The minimum Gasteiger partial charge on any atom is -0.374 e. The van der Waals surface area contributed by atoms with Crippen molar-refractivity contribution in [3.05, 3.63) is 47.8 Å². The summed E-state index contributed by atoms with van der Waals surface area (Å²) in [5.74, 6) is -1.72. The quantitative estimate of drug-likeness (QED) is 0.404. The lowest BCUT2D eigenvalue weighted by Crippen LogP contribution is -2.39. The minimum absolute atomic E-state index is 0.173. The van der Waals surface area contributed by atoms with E-state index >= 15 is 0 Å². The maximum Gasteiger partial charge on any atom is 0.232 e. The molecule has 3 rings (SSSR count). The Hall–Kier alpha value is -2.70. The number of rotatable bonds is 7. The van der Waals surface area contributed by atoms with Crippen LogP contribution in [0.3, 0.4) is 0 Å². The summed E-state index contributed by atoms with van der Waals surface area (Å²) in [6.07, 6.45) is 4.64. The predicted molar refractivity (Wildman–Crippen MR) is 111 cm³/mol. The fourth-order valence-corrected chi connectivity index (χ4v) is 4.12. The van der Waals surface area contributed by atoms with E-state index in [0.717, 1.165) is 17.1 Å². The van der Waals surface area contributed by atoms with Crippen LogP contribution in [0.25, 0.3) is 0 Å². The van der Waals surface area contributed by atoms with Crippen LogP contribution in [-0.4, -0.2) is 37.9 Å². The lowest BCUT2D eigenvalue weighted by atomic mass is 10.0. The molecule has 1 aromatic carbocycles. The average Bonchev–Trinajstić information content (AvgIpc) is 3.14. The minimum atomic E-state index is -3.73. The number of hydrogen-bond donors (Lipinski definition) is 5. The molecule has 2 aliphatic rings. The van der Waals surface area contributed by atoms with Gasteiger partial charge in [-0.1, -0.05) is 13.0 Å². The Labute approximate surface area is 173 Å². The summed E-state index contributed by atoms with van der Waals surface area (Å²) in [5.41, 5.74) is 5.33. The van der Waals surface area contributed by atoms with Crippen molar-refractivity contribution in [1.82, 2.24) is 16.3 Å². The molecule has 0 bridgehead atoms. The molecule has 0 spiro atoms. The van der Waals surface area contributed by atoms with E-state index in [-0.39, 0.29) is 17.4 Å². The Morgan fingerprint density at radius 2 is 2.17 bits per heavy atom. The number of aliphatic imine (C=N–C) groups is 1. The molecule has 2 unspecified atom stereocenters. The van der Waals surface area contributed by atoms with E-state index < -0.39 is 33.6 Å². The molecule has 1 aromatic rings. The Balaban J connectivity index is 1.79. The first-order valence-corrected chi connectivity index (χ1v) is 11.0. The van der Waals surface area contributed by atoms with Crippen LogP contribution in [0.4, 0.5) is 20.2 Å². The van der Waals surface area contributed by atoms with Gasteiger partial charge in [-0.25, -0.2) is 17.2 Å². The predicted octanol–water partition coefficient (Wildman–Crippen LogP) is 1.30. The molecule has 0 saturated heterocycles. The van der Waals surface area contributed by atoms with Crippen LogP contribution in [0.1, 0.15) is 20.3 Å². The van der Waals surface area contributed by atoms with E-state index in [9.17, 15) is 22.3 Å². The highest BCUT2D eigenvalue weighted by molar-refractivity contribution is 7.92. The summed E-state index contributed by atoms with van der Waals surface area (Å²) in [5, 5.41) is 13.2. The van der Waals surface area contributed by atoms with Crippen LogP contribution in [0.15, 0.2) is 41.2 Å². The summed E-state index contributed by atoms with van der Waals surface area (Å²) in [6.45, 7) is 3.62. The third kappa shape index (κ3) is 5.07. The van der Waals surface area contributed by atoms with Gasteiger partial charge in [0.2, 0.25) is 10.0 Å². The zero-order valence-corrected chi connectivity index (χ0v) is 17.3. The Morgan fingerprint density at radius 1 is 1.40 bits per heavy atom. The largest absolute Gasteiger partial charge is 0.374 e. The first-order valence-electron chi connectivity index (χ1n) is 9.38. The van der Waals surface area contributed by atoms with E-state index in [1.807, 2.05) is 6.08 Å². The molecule has 0 radical (unpaired) electrons. The lowest BCUT2D eigenvalue weighted by molar-refractivity contribution is 0.180. The second-order valence-corrected chi connectivity index (χ2v) is 8.72. The van der Waals surface area contributed by atoms with Gasteiger partial charge in [0.05, 0.1) is 23.7 Å². The van der Waals surface area contributed by atoms with Crippen molar-refractivity contribution in [2.75, 3.05) is 22.0 Å². The summed E-state index contributed by atoms with van der Waals surface area (Å²) in [6, 6.07) is 2.04. The second kappa shape index (κ2) is 8.98. The number of hydrogen-bond acceptors (Lipinski definition) is 8. The van der Waals surface area contributed by atoms with Gasteiger partial charge in [0, 0.05) is 12.1 Å². The molecule has 164 valence electrons. The van der Waals surface area contributed by atoms with E-state index in [4.69, 9.17) is 0 Å². The molecule has 30 heavy (non-hydrogen) atoms. The standard InChI is InChI=1S/C18H24F2N6O3S/c1-3-8-30(28,29)24-14-6-5-13(19)18(17(14)20)26-10-15(23-25-26)12-4-7-16(21-9-12)22-11(2)27/h4-7,10-12,23-25,27H,3,8-9H2,1-2H3,(H,21,22). The summed E-state index contributed by atoms with van der Waals surface area (Å²) >= 11 is 0. The Bertz CT molecular complexity index is 994. The van der Waals surface area contributed by atoms with Crippen LogP contribution in [0.2, 0.25) is 0 Å². The van der Waals surface area contributed by atoms with E-state index in [1.165, 1.54) is 6.20 Å². The number of aliphatic hydroxyl groups excluding tert-OH is 1. The number of benzene rings is 1. The second-order valence-electron chi connectivity index (χ2n) is 6.88. The highest BCUT2D eigenvalue weighted by Gasteiger charge is 2.27. The van der Waals surface area contributed by atoms with Gasteiger partial charge in [0.1, 0.15) is 17.8 Å². The molecule has 0 fully saturated rings. The number of nitrogens with zero attached hydrogens (tertiary/aromatic N) is 2. The number of amidine groups is 1. The Morgan fingerprint density at radius 3 is 2.80 bits per heavy atom. The molecular weight excluding hydrogens is 418 g/mol. The Kier molecular flexibility index (Phi) is 6.58. The molecule has 0 aromatic heterocycles. The van der Waals surface area contributed by atoms with Gasteiger partial charge in [-0.05, 0) is 31.6 Å². The number of sulfonamides is 1. The molecule has 12 heteroatoms. The van der Waals surface area contributed by atoms with Crippen molar-refractivity contribution in [3.63, 3.8) is 0 Å². The third-order valence-corrected chi connectivity index (χ3v) is 5.81. The molecule has 5 N–H and O–H groups in total. The van der Waals surface area contributed by atoms with E-state index in [2.05, 4.69) is 26.0 Å². The normalized spacial score (nSPS) is 19.8. The molecule has 9 nitrogen and oxygen atoms in total. The van der Waals surface area contributed by atoms with Gasteiger partial charge in [-0.2, -0.15) is 0 Å². The number of anilines is 2. The van der Waals surface area contributed by atoms with Crippen LogP contribution in [0, 0.1) is 17.6 Å². The number of dihydropyridines is 1. The monoisotopic (exact) mass is 442 g/mol. The molecule has 2 aliphatic heterocycles. The van der Waals surface area contributed by atoms with Crippen molar-refractivity contribution >= 4 is 27.2 Å². The zero-order valence-electron chi connectivity index (χ0n) is 16.5. The number of aliphatic hydroxyl groups is 1. The van der Waals surface area contributed by atoms with Gasteiger partial charge >= 0.3 is 0 Å². The van der Waals surface area contributed by atoms with Gasteiger partial charge in [0.15, 0.2) is 11.6 Å². The van der Waals surface area contributed by atoms with Gasteiger partial charge in [-0.3, -0.25) is 14.7 Å². The van der Waals surface area contributed by atoms with E-state index in [0.29, 0.717) is 24.5 Å². The topological polar surface area (TPSA) is 118 Å². The molecule has 0 saturated carbocycles. The van der Waals surface area contributed by atoms with Gasteiger partial charge in [-0.15, -0.1) is 5.53 Å².